The minimum absolute atomic E-state index is 0.0239. The standard InChI is InChI=1S/C16H21NO2/c1-12-7-9-13(10-8-12)15(18)11-17-16(19)14-5-3-2-4-6-14/h7-10,14H,2-6,11H2,1H3,(H,17,19). The van der Waals surface area contributed by atoms with Crippen LogP contribution in [0.1, 0.15) is 48.0 Å². The van der Waals surface area contributed by atoms with Gasteiger partial charge in [0.1, 0.15) is 0 Å². The minimum atomic E-state index is -0.0239. The molecule has 1 aliphatic carbocycles. The fraction of sp³-hybridized carbons (Fsp3) is 0.500. The molecule has 0 radical (unpaired) electrons. The summed E-state index contributed by atoms with van der Waals surface area (Å²) in [6.07, 6.45) is 5.41. The van der Waals surface area contributed by atoms with Crippen LogP contribution in [-0.4, -0.2) is 18.2 Å². The second-order valence-corrected chi connectivity index (χ2v) is 5.34. The lowest BCUT2D eigenvalue weighted by Gasteiger charge is -2.20. The van der Waals surface area contributed by atoms with E-state index in [1.54, 1.807) is 0 Å². The van der Waals surface area contributed by atoms with Gasteiger partial charge in [0, 0.05) is 11.5 Å². The minimum Gasteiger partial charge on any atom is -0.348 e. The predicted octanol–water partition coefficient (Wildman–Crippen LogP) is 2.87. The zero-order valence-corrected chi connectivity index (χ0v) is 11.4. The average molecular weight is 259 g/mol. The van der Waals surface area contributed by atoms with Crippen LogP contribution < -0.4 is 5.32 Å². The highest BCUT2D eigenvalue weighted by Crippen LogP contribution is 2.23. The van der Waals surface area contributed by atoms with E-state index in [0.717, 1.165) is 31.2 Å². The third-order valence-corrected chi connectivity index (χ3v) is 3.77. The highest BCUT2D eigenvalue weighted by Gasteiger charge is 2.21. The van der Waals surface area contributed by atoms with E-state index in [4.69, 9.17) is 0 Å². The normalized spacial score (nSPS) is 16.1. The molecule has 1 amide bonds. The van der Waals surface area contributed by atoms with Crippen molar-refractivity contribution in [3.8, 4) is 0 Å². The predicted molar refractivity (Wildman–Crippen MR) is 75.1 cm³/mol. The summed E-state index contributed by atoms with van der Waals surface area (Å²) in [4.78, 5) is 23.9. The first kappa shape index (κ1) is 13.8. The average Bonchev–Trinajstić information content (AvgIpc) is 2.46. The molecule has 1 fully saturated rings. The zero-order valence-electron chi connectivity index (χ0n) is 11.4. The number of Topliss-reactive ketones (excluding diaryl/α,β-unsaturated/α-hetero) is 1. The first-order valence-corrected chi connectivity index (χ1v) is 7.04. The van der Waals surface area contributed by atoms with Crippen LogP contribution in [0, 0.1) is 12.8 Å². The van der Waals surface area contributed by atoms with Crippen molar-refractivity contribution in [1.29, 1.82) is 0 Å². The first-order chi connectivity index (χ1) is 9.16. The number of amides is 1. The molecular formula is C16H21NO2. The second-order valence-electron chi connectivity index (χ2n) is 5.34. The van der Waals surface area contributed by atoms with Crippen molar-refractivity contribution in [2.75, 3.05) is 6.54 Å². The number of aryl methyl sites for hydroxylation is 1. The molecule has 0 heterocycles. The van der Waals surface area contributed by atoms with Crippen molar-refractivity contribution in [2.45, 2.75) is 39.0 Å². The molecule has 0 atom stereocenters. The van der Waals surface area contributed by atoms with Gasteiger partial charge in [-0.15, -0.1) is 0 Å². The molecule has 0 bridgehead atoms. The molecule has 1 saturated carbocycles. The molecule has 0 saturated heterocycles. The van der Waals surface area contributed by atoms with Crippen LogP contribution in [0.4, 0.5) is 0 Å². The summed E-state index contributed by atoms with van der Waals surface area (Å²) in [5.74, 6) is 0.129. The molecule has 1 N–H and O–H groups in total. The van der Waals surface area contributed by atoms with E-state index in [1.165, 1.54) is 6.42 Å². The zero-order chi connectivity index (χ0) is 13.7. The molecule has 0 spiro atoms. The third-order valence-electron chi connectivity index (χ3n) is 3.77. The van der Waals surface area contributed by atoms with Gasteiger partial charge in [0.25, 0.3) is 0 Å². The van der Waals surface area contributed by atoms with Gasteiger partial charge in [-0.05, 0) is 19.8 Å². The van der Waals surface area contributed by atoms with Crippen molar-refractivity contribution in [1.82, 2.24) is 5.32 Å². The summed E-state index contributed by atoms with van der Waals surface area (Å²) in [6.45, 7) is 2.09. The van der Waals surface area contributed by atoms with E-state index in [-0.39, 0.29) is 24.2 Å². The summed E-state index contributed by atoms with van der Waals surface area (Å²) >= 11 is 0. The highest BCUT2D eigenvalue weighted by atomic mass is 16.2. The number of rotatable bonds is 4. The fourth-order valence-corrected chi connectivity index (χ4v) is 2.52. The van der Waals surface area contributed by atoms with Crippen molar-refractivity contribution < 1.29 is 9.59 Å². The Balaban J connectivity index is 1.82. The van der Waals surface area contributed by atoms with Gasteiger partial charge in [-0.2, -0.15) is 0 Å². The quantitative estimate of drug-likeness (QED) is 0.845. The van der Waals surface area contributed by atoms with Crippen LogP contribution in [-0.2, 0) is 4.79 Å². The molecule has 102 valence electrons. The maximum Gasteiger partial charge on any atom is 0.223 e. The molecule has 0 aromatic heterocycles. The number of ketones is 1. The van der Waals surface area contributed by atoms with Crippen molar-refractivity contribution in [2.24, 2.45) is 5.92 Å². The summed E-state index contributed by atoms with van der Waals surface area (Å²) in [6, 6.07) is 7.45. The Morgan fingerprint density at radius 1 is 1.11 bits per heavy atom. The Morgan fingerprint density at radius 3 is 2.37 bits per heavy atom. The Bertz CT molecular complexity index is 444. The lowest BCUT2D eigenvalue weighted by molar-refractivity contribution is -0.125. The Hall–Kier alpha value is -1.64. The number of benzene rings is 1. The summed E-state index contributed by atoms with van der Waals surface area (Å²) in [5.41, 5.74) is 1.79. The number of hydrogen-bond donors (Lipinski definition) is 1. The van der Waals surface area contributed by atoms with Gasteiger partial charge in [-0.3, -0.25) is 9.59 Å². The molecule has 1 aliphatic rings. The SMILES string of the molecule is Cc1ccc(C(=O)CNC(=O)C2CCCCC2)cc1. The number of carbonyl (C=O) groups is 2. The number of carbonyl (C=O) groups excluding carboxylic acids is 2. The molecule has 3 nitrogen and oxygen atoms in total. The second kappa shape index (κ2) is 6.50. The molecule has 3 heteroatoms. The van der Waals surface area contributed by atoms with Gasteiger partial charge in [-0.25, -0.2) is 0 Å². The largest absolute Gasteiger partial charge is 0.348 e. The smallest absolute Gasteiger partial charge is 0.223 e. The van der Waals surface area contributed by atoms with E-state index in [0.29, 0.717) is 5.56 Å². The van der Waals surface area contributed by atoms with Crippen LogP contribution >= 0.6 is 0 Å². The first-order valence-electron chi connectivity index (χ1n) is 7.04. The van der Waals surface area contributed by atoms with Gasteiger partial charge in [0.05, 0.1) is 6.54 Å². The van der Waals surface area contributed by atoms with Gasteiger partial charge in [0.15, 0.2) is 5.78 Å². The van der Waals surface area contributed by atoms with Crippen LogP contribution in [0.15, 0.2) is 24.3 Å². The van der Waals surface area contributed by atoms with E-state index in [2.05, 4.69) is 5.32 Å². The number of hydrogen-bond acceptors (Lipinski definition) is 2. The van der Waals surface area contributed by atoms with Crippen molar-refractivity contribution in [3.63, 3.8) is 0 Å². The highest BCUT2D eigenvalue weighted by molar-refractivity contribution is 5.99. The molecule has 1 aromatic carbocycles. The molecule has 1 aromatic rings. The van der Waals surface area contributed by atoms with Crippen molar-refractivity contribution >= 4 is 11.7 Å². The molecule has 19 heavy (non-hydrogen) atoms. The van der Waals surface area contributed by atoms with Gasteiger partial charge in [-0.1, -0.05) is 49.1 Å². The maximum atomic E-state index is 11.9. The topological polar surface area (TPSA) is 46.2 Å². The Morgan fingerprint density at radius 2 is 1.74 bits per heavy atom. The Kier molecular flexibility index (Phi) is 4.72. The van der Waals surface area contributed by atoms with E-state index < -0.39 is 0 Å². The monoisotopic (exact) mass is 259 g/mol. The van der Waals surface area contributed by atoms with E-state index in [9.17, 15) is 9.59 Å². The summed E-state index contributed by atoms with van der Waals surface area (Å²) in [5, 5.41) is 2.78. The molecule has 0 aliphatic heterocycles. The van der Waals surface area contributed by atoms with Gasteiger partial charge < -0.3 is 5.32 Å². The third kappa shape index (κ3) is 3.91. The molecule has 0 unspecified atom stereocenters. The van der Waals surface area contributed by atoms with Gasteiger partial charge >= 0.3 is 0 Å². The summed E-state index contributed by atoms with van der Waals surface area (Å²) in [7, 11) is 0. The summed E-state index contributed by atoms with van der Waals surface area (Å²) < 4.78 is 0. The van der Waals surface area contributed by atoms with Crippen LogP contribution in [0.25, 0.3) is 0 Å². The van der Waals surface area contributed by atoms with Gasteiger partial charge in [0.2, 0.25) is 5.91 Å². The lowest BCUT2D eigenvalue weighted by atomic mass is 9.88. The lowest BCUT2D eigenvalue weighted by Crippen LogP contribution is -2.35. The Labute approximate surface area is 114 Å². The van der Waals surface area contributed by atoms with Crippen LogP contribution in [0.3, 0.4) is 0 Å². The molecule has 2 rings (SSSR count). The van der Waals surface area contributed by atoms with E-state index in [1.807, 2.05) is 31.2 Å². The van der Waals surface area contributed by atoms with Crippen LogP contribution in [0.5, 0.6) is 0 Å². The molecular weight excluding hydrogens is 238 g/mol. The van der Waals surface area contributed by atoms with E-state index >= 15 is 0 Å². The maximum absolute atomic E-state index is 11.9. The number of nitrogens with one attached hydrogen (secondary N) is 1. The fourth-order valence-electron chi connectivity index (χ4n) is 2.52. The van der Waals surface area contributed by atoms with Crippen LogP contribution in [0.2, 0.25) is 0 Å². The van der Waals surface area contributed by atoms with Crippen molar-refractivity contribution in [3.05, 3.63) is 35.4 Å².